The number of carbonyl (C=O) groups is 1. The fourth-order valence-corrected chi connectivity index (χ4v) is 1.94. The van der Waals surface area contributed by atoms with E-state index in [9.17, 15) is 4.79 Å². The monoisotopic (exact) mass is 214 g/mol. The van der Waals surface area contributed by atoms with Gasteiger partial charge in [-0.2, -0.15) is 0 Å². The van der Waals surface area contributed by atoms with Crippen LogP contribution in [0.3, 0.4) is 0 Å². The highest BCUT2D eigenvalue weighted by molar-refractivity contribution is 7.09. The van der Waals surface area contributed by atoms with E-state index < -0.39 is 5.97 Å². The largest absolute Gasteiger partial charge is 0.481 e. The van der Waals surface area contributed by atoms with Gasteiger partial charge >= 0.3 is 5.97 Å². The van der Waals surface area contributed by atoms with Crippen LogP contribution in [0, 0.1) is 0 Å². The number of hydrogen-bond donors (Lipinski definition) is 1. The molecule has 1 unspecified atom stereocenters. The lowest BCUT2D eigenvalue weighted by molar-refractivity contribution is -0.136. The number of carboxylic acids is 1. The van der Waals surface area contributed by atoms with Crippen molar-refractivity contribution in [3.63, 3.8) is 0 Å². The summed E-state index contributed by atoms with van der Waals surface area (Å²) in [5, 5.41) is 11.4. The summed E-state index contributed by atoms with van der Waals surface area (Å²) in [6.07, 6.45) is 0.0106. The summed E-state index contributed by atoms with van der Waals surface area (Å²) in [6, 6.07) is 0.238. The summed E-state index contributed by atoms with van der Waals surface area (Å²) in [5.41, 5.74) is 0.645. The zero-order chi connectivity index (χ0) is 10.7. The lowest BCUT2D eigenvalue weighted by Gasteiger charge is -2.16. The molecular weight excluding hydrogens is 200 g/mol. The van der Waals surface area contributed by atoms with Crippen LogP contribution in [0.25, 0.3) is 0 Å². The topological polar surface area (TPSA) is 53.4 Å². The molecule has 1 atom stereocenters. The number of hydrogen-bond acceptors (Lipinski definition) is 4. The Bertz CT molecular complexity index is 322. The van der Waals surface area contributed by atoms with Gasteiger partial charge in [-0.05, 0) is 21.0 Å². The average Bonchev–Trinajstić information content (AvgIpc) is 2.50. The predicted octanol–water partition coefficient (Wildman–Crippen LogP) is 1.39. The van der Waals surface area contributed by atoms with Crippen molar-refractivity contribution < 1.29 is 9.90 Å². The predicted molar refractivity (Wildman–Crippen MR) is 55.6 cm³/mol. The average molecular weight is 214 g/mol. The van der Waals surface area contributed by atoms with Gasteiger partial charge in [0.15, 0.2) is 0 Å². The van der Waals surface area contributed by atoms with Gasteiger partial charge in [-0.15, -0.1) is 11.3 Å². The molecule has 78 valence electrons. The first-order chi connectivity index (χ1) is 6.50. The van der Waals surface area contributed by atoms with Crippen molar-refractivity contribution in [1.82, 2.24) is 9.88 Å². The van der Waals surface area contributed by atoms with E-state index in [0.717, 1.165) is 5.01 Å². The third-order valence-corrected chi connectivity index (χ3v) is 3.10. The lowest BCUT2D eigenvalue weighted by atomic mass is 10.3. The van der Waals surface area contributed by atoms with Crippen molar-refractivity contribution in [1.29, 1.82) is 0 Å². The Kier molecular flexibility index (Phi) is 3.60. The van der Waals surface area contributed by atoms with Gasteiger partial charge in [0.2, 0.25) is 0 Å². The number of rotatable bonds is 4. The Hall–Kier alpha value is -0.940. The van der Waals surface area contributed by atoms with E-state index in [0.29, 0.717) is 5.69 Å². The number of nitrogens with zero attached hydrogens (tertiary/aromatic N) is 2. The molecular formula is C9H14N2O2S. The Morgan fingerprint density at radius 2 is 2.36 bits per heavy atom. The van der Waals surface area contributed by atoms with Crippen LogP contribution in [0.1, 0.15) is 23.7 Å². The van der Waals surface area contributed by atoms with Gasteiger partial charge in [-0.3, -0.25) is 4.79 Å². The van der Waals surface area contributed by atoms with Gasteiger partial charge in [0.05, 0.1) is 18.2 Å². The molecule has 0 aromatic carbocycles. The highest BCUT2D eigenvalue weighted by Crippen LogP contribution is 2.21. The van der Waals surface area contributed by atoms with Crippen molar-refractivity contribution in [2.45, 2.75) is 19.4 Å². The van der Waals surface area contributed by atoms with E-state index in [4.69, 9.17) is 5.11 Å². The fraction of sp³-hybridized carbons (Fsp3) is 0.556. The van der Waals surface area contributed by atoms with Gasteiger partial charge in [-0.25, -0.2) is 4.98 Å². The standard InChI is InChI=1S/C9H14N2O2S/c1-6(11(2)3)9-10-7(5-14-9)4-8(12)13/h5-6H,4H2,1-3H3,(H,12,13). The van der Waals surface area contributed by atoms with Gasteiger partial charge in [-0.1, -0.05) is 0 Å². The highest BCUT2D eigenvalue weighted by atomic mass is 32.1. The van der Waals surface area contributed by atoms with Gasteiger partial charge < -0.3 is 10.0 Å². The maximum atomic E-state index is 10.4. The molecule has 0 saturated carbocycles. The summed E-state index contributed by atoms with van der Waals surface area (Å²) in [6.45, 7) is 2.05. The molecule has 0 bridgehead atoms. The van der Waals surface area contributed by atoms with Crippen LogP contribution in [0.15, 0.2) is 5.38 Å². The van der Waals surface area contributed by atoms with Crippen molar-refractivity contribution >= 4 is 17.3 Å². The molecule has 0 spiro atoms. The van der Waals surface area contributed by atoms with Crippen molar-refractivity contribution in [2.75, 3.05) is 14.1 Å². The van der Waals surface area contributed by atoms with Crippen LogP contribution in [0.4, 0.5) is 0 Å². The molecule has 0 aliphatic rings. The van der Waals surface area contributed by atoms with Gasteiger partial charge in [0.25, 0.3) is 0 Å². The Morgan fingerprint density at radius 1 is 1.71 bits per heavy atom. The first-order valence-electron chi connectivity index (χ1n) is 4.33. The van der Waals surface area contributed by atoms with Crippen molar-refractivity contribution in [3.05, 3.63) is 16.1 Å². The van der Waals surface area contributed by atoms with E-state index in [2.05, 4.69) is 4.98 Å². The molecule has 0 aliphatic carbocycles. The maximum absolute atomic E-state index is 10.4. The minimum atomic E-state index is -0.834. The second-order valence-corrected chi connectivity index (χ2v) is 4.28. The first kappa shape index (κ1) is 11.1. The zero-order valence-electron chi connectivity index (χ0n) is 8.52. The van der Waals surface area contributed by atoms with E-state index in [1.54, 1.807) is 0 Å². The van der Waals surface area contributed by atoms with Crippen molar-refractivity contribution in [2.24, 2.45) is 0 Å². The van der Waals surface area contributed by atoms with Crippen LogP contribution in [-0.4, -0.2) is 35.1 Å². The van der Waals surface area contributed by atoms with Crippen LogP contribution in [-0.2, 0) is 11.2 Å². The summed E-state index contributed by atoms with van der Waals surface area (Å²) in [5.74, 6) is -0.834. The molecule has 1 N–H and O–H groups in total. The quantitative estimate of drug-likeness (QED) is 0.823. The van der Waals surface area contributed by atoms with E-state index in [-0.39, 0.29) is 12.5 Å². The Labute approximate surface area is 87.2 Å². The summed E-state index contributed by atoms with van der Waals surface area (Å²) >= 11 is 1.51. The van der Waals surface area contributed by atoms with Crippen LogP contribution >= 0.6 is 11.3 Å². The fourth-order valence-electron chi connectivity index (χ4n) is 0.972. The molecule has 1 heterocycles. The molecule has 0 aliphatic heterocycles. The number of aliphatic carboxylic acids is 1. The number of aromatic nitrogens is 1. The highest BCUT2D eigenvalue weighted by Gasteiger charge is 2.13. The smallest absolute Gasteiger partial charge is 0.309 e. The second-order valence-electron chi connectivity index (χ2n) is 3.39. The Balaban J connectivity index is 2.72. The molecule has 4 nitrogen and oxygen atoms in total. The molecule has 5 heteroatoms. The minimum Gasteiger partial charge on any atom is -0.481 e. The van der Waals surface area contributed by atoms with Crippen LogP contribution in [0.5, 0.6) is 0 Å². The third kappa shape index (κ3) is 2.78. The SMILES string of the molecule is CC(c1nc(CC(=O)O)cs1)N(C)C. The molecule has 1 aromatic rings. The summed E-state index contributed by atoms with van der Waals surface area (Å²) < 4.78 is 0. The molecule has 1 rings (SSSR count). The number of thiazole rings is 1. The van der Waals surface area contributed by atoms with Gasteiger partial charge in [0, 0.05) is 5.38 Å². The Morgan fingerprint density at radius 3 is 2.86 bits per heavy atom. The van der Waals surface area contributed by atoms with E-state index in [1.807, 2.05) is 31.3 Å². The molecule has 0 saturated heterocycles. The second kappa shape index (κ2) is 4.52. The van der Waals surface area contributed by atoms with Crippen molar-refractivity contribution in [3.8, 4) is 0 Å². The number of carboxylic acid groups (broad SMARTS) is 1. The van der Waals surface area contributed by atoms with Gasteiger partial charge in [0.1, 0.15) is 5.01 Å². The van der Waals surface area contributed by atoms with E-state index >= 15 is 0 Å². The zero-order valence-corrected chi connectivity index (χ0v) is 9.34. The molecule has 14 heavy (non-hydrogen) atoms. The first-order valence-corrected chi connectivity index (χ1v) is 5.21. The molecule has 0 amide bonds. The summed E-state index contributed by atoms with van der Waals surface area (Å²) in [7, 11) is 3.95. The van der Waals surface area contributed by atoms with E-state index in [1.165, 1.54) is 11.3 Å². The normalized spacial score (nSPS) is 13.1. The molecule has 0 fully saturated rings. The summed E-state index contributed by atoms with van der Waals surface area (Å²) in [4.78, 5) is 16.7. The molecule has 1 aromatic heterocycles. The lowest BCUT2D eigenvalue weighted by Crippen LogP contribution is -2.16. The van der Waals surface area contributed by atoms with Crippen LogP contribution in [0.2, 0.25) is 0 Å². The third-order valence-electron chi connectivity index (χ3n) is 2.03. The molecule has 0 radical (unpaired) electrons. The van der Waals surface area contributed by atoms with Crippen LogP contribution < -0.4 is 0 Å². The maximum Gasteiger partial charge on any atom is 0.309 e. The minimum absolute atomic E-state index is 0.0106.